The third-order valence-electron chi connectivity index (χ3n) is 7.86. The van der Waals surface area contributed by atoms with E-state index in [0.29, 0.717) is 12.1 Å². The molecule has 0 radical (unpaired) electrons. The second-order valence-corrected chi connectivity index (χ2v) is 10.4. The maximum atomic E-state index is 14.4. The largest absolute Gasteiger partial charge is 0.417 e. The summed E-state index contributed by atoms with van der Waals surface area (Å²) in [6.45, 7) is 0. The summed E-state index contributed by atoms with van der Waals surface area (Å²) in [6.07, 6.45) is -10.1. The Hall–Kier alpha value is -7.88. The minimum atomic E-state index is -5.09. The van der Waals surface area contributed by atoms with Gasteiger partial charge in [0, 0.05) is 33.4 Å². The lowest BCUT2D eigenvalue weighted by atomic mass is 9.87. The summed E-state index contributed by atoms with van der Waals surface area (Å²) in [6, 6.07) is 20.3. The van der Waals surface area contributed by atoms with E-state index in [2.05, 4.69) is 0 Å². The van der Waals surface area contributed by atoms with Crippen LogP contribution in [0.3, 0.4) is 0 Å². The van der Waals surface area contributed by atoms with Crippen molar-refractivity contribution in [2.75, 3.05) is 0 Å². The van der Waals surface area contributed by atoms with Crippen LogP contribution in [-0.4, -0.2) is 0 Å². The van der Waals surface area contributed by atoms with Crippen LogP contribution in [0.1, 0.15) is 55.6 Å². The molecule has 0 bridgehead atoms. The van der Waals surface area contributed by atoms with Crippen molar-refractivity contribution in [1.82, 2.24) is 0 Å². The van der Waals surface area contributed by atoms with Crippen LogP contribution in [-0.2, 0) is 12.4 Å². The van der Waals surface area contributed by atoms with E-state index in [1.807, 2.05) is 6.07 Å². The summed E-state index contributed by atoms with van der Waals surface area (Å²) >= 11 is 0. The van der Waals surface area contributed by atoms with Gasteiger partial charge in [0.2, 0.25) is 0 Å². The van der Waals surface area contributed by atoms with Gasteiger partial charge in [-0.1, -0.05) is 12.1 Å². The molecule has 0 atom stereocenters. The molecule has 0 spiro atoms. The fourth-order valence-electron chi connectivity index (χ4n) is 5.90. The number of halogens is 6. The summed E-state index contributed by atoms with van der Waals surface area (Å²) in [5.41, 5.74) is -9.42. The monoisotopic (exact) mass is 666 g/mol. The van der Waals surface area contributed by atoms with Gasteiger partial charge in [-0.3, -0.25) is 0 Å². The van der Waals surface area contributed by atoms with Crippen molar-refractivity contribution in [2.45, 2.75) is 12.4 Å². The fourth-order valence-corrected chi connectivity index (χ4v) is 5.90. The molecule has 50 heavy (non-hydrogen) atoms. The Morgan fingerprint density at radius 2 is 0.960 bits per heavy atom. The Morgan fingerprint density at radius 3 is 1.42 bits per heavy atom. The topological polar surface area (TPSA) is 190 Å². The molecule has 0 aliphatic heterocycles. The molecule has 234 valence electrons. The van der Waals surface area contributed by atoms with E-state index in [9.17, 15) is 68.4 Å². The molecule has 3 aromatic rings. The summed E-state index contributed by atoms with van der Waals surface area (Å²) < 4.78 is 85.0. The molecule has 5 rings (SSSR count). The first-order valence-corrected chi connectivity index (χ1v) is 13.6. The van der Waals surface area contributed by atoms with Crippen molar-refractivity contribution in [3.8, 4) is 48.6 Å². The number of nitrogens with zero attached hydrogens (tertiary/aromatic N) is 8. The summed E-state index contributed by atoms with van der Waals surface area (Å²) in [7, 11) is 0. The van der Waals surface area contributed by atoms with Gasteiger partial charge in [-0.2, -0.15) is 68.4 Å². The van der Waals surface area contributed by atoms with Crippen LogP contribution in [0.25, 0.3) is 33.4 Å². The first-order chi connectivity index (χ1) is 23.7. The molecular weight excluding hydrogens is 658 g/mol. The molecule has 8 nitrogen and oxygen atoms in total. The fraction of sp³-hybridized carbons (Fsp3) is 0.0556. The van der Waals surface area contributed by atoms with Crippen LogP contribution < -0.4 is 0 Å². The molecule has 0 amide bonds. The summed E-state index contributed by atoms with van der Waals surface area (Å²) in [5, 5.41) is 78.8. The average molecular weight is 667 g/mol. The van der Waals surface area contributed by atoms with E-state index in [-0.39, 0.29) is 50.1 Å². The quantitative estimate of drug-likeness (QED) is 0.194. The van der Waals surface area contributed by atoms with Crippen molar-refractivity contribution in [3.05, 3.63) is 115 Å². The highest BCUT2D eigenvalue weighted by atomic mass is 19.4. The third kappa shape index (κ3) is 5.06. The van der Waals surface area contributed by atoms with Gasteiger partial charge < -0.3 is 0 Å². The zero-order chi connectivity index (χ0) is 36.7. The number of nitriles is 8. The van der Waals surface area contributed by atoms with Crippen molar-refractivity contribution in [1.29, 1.82) is 42.1 Å². The lowest BCUT2D eigenvalue weighted by molar-refractivity contribution is -0.138. The number of allylic oxidation sites excluding steroid dienone is 8. The molecule has 0 unspecified atom stereocenters. The Morgan fingerprint density at radius 1 is 0.460 bits per heavy atom. The number of alkyl halides is 6. The smallest absolute Gasteiger partial charge is 0.192 e. The van der Waals surface area contributed by atoms with Gasteiger partial charge in [-0.15, -0.1) is 0 Å². The molecule has 0 saturated heterocycles. The van der Waals surface area contributed by atoms with E-state index in [4.69, 9.17) is 0 Å². The zero-order valence-corrected chi connectivity index (χ0v) is 24.5. The highest BCUT2D eigenvalue weighted by molar-refractivity contribution is 6.30. The van der Waals surface area contributed by atoms with E-state index in [1.165, 1.54) is 6.07 Å². The normalized spacial score (nSPS) is 13.0. The van der Waals surface area contributed by atoms with Gasteiger partial charge in [0.1, 0.15) is 47.6 Å². The molecule has 0 saturated carbocycles. The molecule has 0 fully saturated rings. The van der Waals surface area contributed by atoms with E-state index in [0.717, 1.165) is 36.4 Å². The third-order valence-corrected chi connectivity index (χ3v) is 7.86. The molecule has 2 aliphatic carbocycles. The van der Waals surface area contributed by atoms with Gasteiger partial charge in [0.05, 0.1) is 45.5 Å². The lowest BCUT2D eigenvalue weighted by Gasteiger charge is -2.16. The highest BCUT2D eigenvalue weighted by Crippen LogP contribution is 2.55. The minimum Gasteiger partial charge on any atom is -0.192 e. The molecule has 0 heterocycles. The van der Waals surface area contributed by atoms with Crippen molar-refractivity contribution in [2.24, 2.45) is 0 Å². The number of rotatable bonds is 2. The maximum absolute atomic E-state index is 14.4. The van der Waals surface area contributed by atoms with Crippen LogP contribution in [0.15, 0.2) is 59.7 Å². The molecule has 0 N–H and O–H groups in total. The number of hydrogen-bond acceptors (Lipinski definition) is 8. The van der Waals surface area contributed by atoms with Crippen LogP contribution in [0.4, 0.5) is 26.3 Å². The number of benzene rings is 3. The van der Waals surface area contributed by atoms with Crippen molar-refractivity contribution in [3.63, 3.8) is 0 Å². The standard InChI is InChI=1S/C36H8F6N8/c37-35(38,39)29-6-18(2-3-19(29)10-44)31-27(15-49)23-7-24-26(8-25(23)32(31)20(11-45)12-46)33(21(13-47)14-48)34(28(24)16-50)22-4-1-17(9-43)5-30(22)36(40,41)42/h1-8H. The number of hydrogen-bond donors (Lipinski definition) is 0. The predicted molar refractivity (Wildman–Crippen MR) is 160 cm³/mol. The summed E-state index contributed by atoms with van der Waals surface area (Å²) in [4.78, 5) is 0. The first kappa shape index (κ1) is 33.5. The van der Waals surface area contributed by atoms with Gasteiger partial charge in [-0.05, 0) is 58.7 Å². The zero-order valence-electron chi connectivity index (χ0n) is 24.5. The van der Waals surface area contributed by atoms with Crippen LogP contribution in [0.2, 0.25) is 0 Å². The Kier molecular flexibility index (Phi) is 8.07. The van der Waals surface area contributed by atoms with Crippen LogP contribution in [0, 0.1) is 90.6 Å². The number of fused-ring (bicyclic) bond motifs is 2. The lowest BCUT2D eigenvalue weighted by Crippen LogP contribution is -2.10. The first-order valence-electron chi connectivity index (χ1n) is 13.6. The van der Waals surface area contributed by atoms with Crippen LogP contribution in [0.5, 0.6) is 0 Å². The van der Waals surface area contributed by atoms with Crippen molar-refractivity contribution >= 4 is 33.4 Å². The second kappa shape index (κ2) is 12.0. The Bertz CT molecular complexity index is 2560. The molecule has 0 aromatic heterocycles. The molecule has 3 aromatic carbocycles. The predicted octanol–water partition coefficient (Wildman–Crippen LogP) is 7.97. The Balaban J connectivity index is 1.96. The maximum Gasteiger partial charge on any atom is 0.417 e. The van der Waals surface area contributed by atoms with E-state index < -0.39 is 62.5 Å². The van der Waals surface area contributed by atoms with Gasteiger partial charge in [0.25, 0.3) is 0 Å². The molecular formula is C36H8F6N8. The van der Waals surface area contributed by atoms with Gasteiger partial charge in [0.15, 0.2) is 0 Å². The Labute approximate surface area is 277 Å². The van der Waals surface area contributed by atoms with Crippen LogP contribution >= 0.6 is 0 Å². The van der Waals surface area contributed by atoms with Gasteiger partial charge >= 0.3 is 12.4 Å². The van der Waals surface area contributed by atoms with E-state index >= 15 is 0 Å². The highest BCUT2D eigenvalue weighted by Gasteiger charge is 2.42. The average Bonchev–Trinajstić information content (AvgIpc) is 3.58. The second-order valence-electron chi connectivity index (χ2n) is 10.4. The van der Waals surface area contributed by atoms with Gasteiger partial charge in [-0.25, -0.2) is 0 Å². The summed E-state index contributed by atoms with van der Waals surface area (Å²) in [5.74, 6) is 0. The molecule has 14 heteroatoms. The SMILES string of the molecule is N#CC(C#N)=C1C(c2ccc(C#N)c(C(F)(F)F)c2)=C(C#N)c2cc3c(cc21)C(=C(C#N)C#N)C(c1ccc(C#N)cc1C(F)(F)F)=C3C#N. The minimum absolute atomic E-state index is 0.128. The molecule has 2 aliphatic rings. The van der Waals surface area contributed by atoms with Crippen molar-refractivity contribution < 1.29 is 26.3 Å². The van der Waals surface area contributed by atoms with E-state index in [1.54, 1.807) is 36.4 Å².